The van der Waals surface area contributed by atoms with Gasteiger partial charge in [0.15, 0.2) is 5.84 Å². The molecule has 1 saturated carbocycles. The van der Waals surface area contributed by atoms with E-state index in [9.17, 15) is 0 Å². The van der Waals surface area contributed by atoms with Crippen LogP contribution in [0.1, 0.15) is 24.0 Å². The lowest BCUT2D eigenvalue weighted by Gasteiger charge is -2.16. The fourth-order valence-electron chi connectivity index (χ4n) is 1.98. The third-order valence-electron chi connectivity index (χ3n) is 3.48. The van der Waals surface area contributed by atoms with Crippen LogP contribution in [0, 0.1) is 5.92 Å². The molecule has 110 valence electrons. The van der Waals surface area contributed by atoms with Gasteiger partial charge in [0.2, 0.25) is 0 Å². The highest BCUT2D eigenvalue weighted by atomic mass is 16.5. The summed E-state index contributed by atoms with van der Waals surface area (Å²) in [6.45, 7) is 3.50. The van der Waals surface area contributed by atoms with Crippen LogP contribution in [-0.2, 0) is 11.3 Å². The van der Waals surface area contributed by atoms with Gasteiger partial charge in [0.1, 0.15) is 0 Å². The minimum absolute atomic E-state index is 0.137. The second kappa shape index (κ2) is 7.26. The zero-order chi connectivity index (χ0) is 14.4. The summed E-state index contributed by atoms with van der Waals surface area (Å²) in [6, 6.07) is 7.72. The predicted octanol–water partition coefficient (Wildman–Crippen LogP) is 1.64. The summed E-state index contributed by atoms with van der Waals surface area (Å²) >= 11 is 0. The molecule has 20 heavy (non-hydrogen) atoms. The lowest BCUT2D eigenvalue weighted by molar-refractivity contribution is 0.102. The van der Waals surface area contributed by atoms with Gasteiger partial charge in [-0.15, -0.1) is 0 Å². The van der Waals surface area contributed by atoms with Gasteiger partial charge in [0.25, 0.3) is 0 Å². The quantitative estimate of drug-likeness (QED) is 0.249. The topological polar surface area (TPSA) is 71.1 Å². The Kier molecular flexibility index (Phi) is 5.38. The summed E-state index contributed by atoms with van der Waals surface area (Å²) in [7, 11) is 2.08. The molecule has 1 aliphatic rings. The van der Waals surface area contributed by atoms with Crippen molar-refractivity contribution in [2.45, 2.75) is 19.4 Å². The van der Waals surface area contributed by atoms with Crippen molar-refractivity contribution in [2.75, 3.05) is 26.8 Å². The molecule has 0 atom stereocenters. The van der Waals surface area contributed by atoms with Crippen LogP contribution in [0.25, 0.3) is 0 Å². The fourth-order valence-corrected chi connectivity index (χ4v) is 1.98. The van der Waals surface area contributed by atoms with Crippen molar-refractivity contribution < 1.29 is 9.94 Å². The molecule has 2 rings (SSSR count). The molecule has 0 spiro atoms. The van der Waals surface area contributed by atoms with Crippen LogP contribution >= 0.6 is 0 Å². The third-order valence-corrected chi connectivity index (χ3v) is 3.48. The molecule has 0 unspecified atom stereocenters. The molecule has 0 heterocycles. The van der Waals surface area contributed by atoms with Gasteiger partial charge in [0.05, 0.1) is 6.61 Å². The third kappa shape index (κ3) is 4.83. The summed E-state index contributed by atoms with van der Waals surface area (Å²) in [6.07, 6.45) is 2.67. The number of oxime groups is 1. The van der Waals surface area contributed by atoms with E-state index in [-0.39, 0.29) is 5.84 Å². The van der Waals surface area contributed by atoms with Gasteiger partial charge in [-0.3, -0.25) is 4.90 Å². The van der Waals surface area contributed by atoms with Crippen LogP contribution in [0.4, 0.5) is 0 Å². The SMILES string of the molecule is CN(CCOCC1CC1)Cc1ccc(/C(N)=N/O)cc1. The Balaban J connectivity index is 1.71. The standard InChI is InChI=1S/C15H23N3O2/c1-18(8-9-20-11-13-2-3-13)10-12-4-6-14(7-5-12)15(16)17-19/h4-7,13,19H,2-3,8-11H2,1H3,(H2,16,17). The van der Waals surface area contributed by atoms with Gasteiger partial charge in [-0.25, -0.2) is 0 Å². The van der Waals surface area contributed by atoms with Crippen LogP contribution < -0.4 is 5.73 Å². The molecule has 0 bridgehead atoms. The van der Waals surface area contributed by atoms with E-state index in [1.807, 2.05) is 24.3 Å². The van der Waals surface area contributed by atoms with E-state index < -0.39 is 0 Å². The average Bonchev–Trinajstić information content (AvgIpc) is 3.28. The van der Waals surface area contributed by atoms with Crippen LogP contribution in [0.2, 0.25) is 0 Å². The first-order chi connectivity index (χ1) is 9.69. The van der Waals surface area contributed by atoms with E-state index in [1.54, 1.807) is 0 Å². The fraction of sp³-hybridized carbons (Fsp3) is 0.533. The first kappa shape index (κ1) is 14.8. The number of rotatable bonds is 8. The van der Waals surface area contributed by atoms with Crippen molar-refractivity contribution in [1.82, 2.24) is 4.90 Å². The maximum atomic E-state index is 8.61. The van der Waals surface area contributed by atoms with Gasteiger partial charge in [-0.2, -0.15) is 0 Å². The number of hydrogen-bond donors (Lipinski definition) is 2. The zero-order valence-electron chi connectivity index (χ0n) is 12.0. The molecule has 0 saturated heterocycles. The number of benzene rings is 1. The van der Waals surface area contributed by atoms with Crippen LogP contribution in [-0.4, -0.2) is 42.7 Å². The Labute approximate surface area is 120 Å². The Morgan fingerprint density at radius 1 is 1.40 bits per heavy atom. The Morgan fingerprint density at radius 2 is 2.10 bits per heavy atom. The zero-order valence-corrected chi connectivity index (χ0v) is 12.0. The molecule has 5 heteroatoms. The van der Waals surface area contributed by atoms with Crippen LogP contribution in [0.5, 0.6) is 0 Å². The smallest absolute Gasteiger partial charge is 0.170 e. The van der Waals surface area contributed by atoms with Crippen molar-refractivity contribution in [3.05, 3.63) is 35.4 Å². The van der Waals surface area contributed by atoms with Crippen LogP contribution in [0.3, 0.4) is 0 Å². The molecule has 5 nitrogen and oxygen atoms in total. The molecular formula is C15H23N3O2. The van der Waals surface area contributed by atoms with E-state index in [2.05, 4.69) is 17.1 Å². The van der Waals surface area contributed by atoms with Crippen molar-refractivity contribution >= 4 is 5.84 Å². The van der Waals surface area contributed by atoms with Crippen LogP contribution in [0.15, 0.2) is 29.4 Å². The number of ether oxygens (including phenoxy) is 1. The lowest BCUT2D eigenvalue weighted by Crippen LogP contribution is -2.23. The Morgan fingerprint density at radius 3 is 2.70 bits per heavy atom. The molecule has 0 aliphatic heterocycles. The summed E-state index contributed by atoms with van der Waals surface area (Å²) < 4.78 is 5.63. The van der Waals surface area contributed by atoms with Gasteiger partial charge in [0, 0.05) is 25.3 Å². The first-order valence-electron chi connectivity index (χ1n) is 7.02. The van der Waals surface area contributed by atoms with E-state index in [0.29, 0.717) is 0 Å². The molecule has 0 amide bonds. The number of hydrogen-bond acceptors (Lipinski definition) is 4. The van der Waals surface area contributed by atoms with Gasteiger partial charge < -0.3 is 15.7 Å². The van der Waals surface area contributed by atoms with Gasteiger partial charge in [-0.1, -0.05) is 29.4 Å². The summed E-state index contributed by atoms with van der Waals surface area (Å²) in [4.78, 5) is 2.23. The van der Waals surface area contributed by atoms with Crippen molar-refractivity contribution in [3.63, 3.8) is 0 Å². The van der Waals surface area contributed by atoms with Crippen molar-refractivity contribution in [3.8, 4) is 0 Å². The first-order valence-corrected chi connectivity index (χ1v) is 7.02. The van der Waals surface area contributed by atoms with Crippen molar-refractivity contribution in [1.29, 1.82) is 0 Å². The van der Waals surface area contributed by atoms with Crippen molar-refractivity contribution in [2.24, 2.45) is 16.8 Å². The number of likely N-dealkylation sites (N-methyl/N-ethyl adjacent to an activating group) is 1. The molecule has 0 radical (unpaired) electrons. The van der Waals surface area contributed by atoms with E-state index in [1.165, 1.54) is 18.4 Å². The highest BCUT2D eigenvalue weighted by Crippen LogP contribution is 2.28. The van der Waals surface area contributed by atoms with E-state index in [4.69, 9.17) is 15.7 Å². The normalized spacial score (nSPS) is 15.8. The second-order valence-corrected chi connectivity index (χ2v) is 5.44. The van der Waals surface area contributed by atoms with E-state index >= 15 is 0 Å². The lowest BCUT2D eigenvalue weighted by atomic mass is 10.1. The highest BCUT2D eigenvalue weighted by Gasteiger charge is 2.20. The molecule has 1 fully saturated rings. The van der Waals surface area contributed by atoms with Gasteiger partial charge >= 0.3 is 0 Å². The second-order valence-electron chi connectivity index (χ2n) is 5.44. The summed E-state index contributed by atoms with van der Waals surface area (Å²) in [5.41, 5.74) is 7.46. The molecule has 1 aromatic rings. The minimum Gasteiger partial charge on any atom is -0.409 e. The Bertz CT molecular complexity index is 441. The number of amidine groups is 1. The molecule has 1 aromatic carbocycles. The maximum absolute atomic E-state index is 8.61. The monoisotopic (exact) mass is 277 g/mol. The molecule has 1 aliphatic carbocycles. The maximum Gasteiger partial charge on any atom is 0.170 e. The minimum atomic E-state index is 0.137. The number of nitrogens with zero attached hydrogens (tertiary/aromatic N) is 2. The molecule has 0 aromatic heterocycles. The van der Waals surface area contributed by atoms with Gasteiger partial charge in [-0.05, 0) is 31.4 Å². The average molecular weight is 277 g/mol. The molecule has 3 N–H and O–H groups in total. The highest BCUT2D eigenvalue weighted by molar-refractivity contribution is 5.96. The summed E-state index contributed by atoms with van der Waals surface area (Å²) in [5.74, 6) is 0.963. The van der Waals surface area contributed by atoms with E-state index in [0.717, 1.165) is 37.8 Å². The predicted molar refractivity (Wildman–Crippen MR) is 78.8 cm³/mol. The Hall–Kier alpha value is -1.59. The molecular weight excluding hydrogens is 254 g/mol. The largest absolute Gasteiger partial charge is 0.409 e. The summed E-state index contributed by atoms with van der Waals surface area (Å²) in [5, 5.41) is 11.6. The number of nitrogens with two attached hydrogens (primary N) is 1.